The van der Waals surface area contributed by atoms with Gasteiger partial charge in [-0.3, -0.25) is 0 Å². The van der Waals surface area contributed by atoms with Crippen molar-refractivity contribution in [2.24, 2.45) is 5.92 Å². The standard InChI is InChI=1S/C13H14BF5O4/c1-2-20-5-8-6-21-14(22-7-8)9-3-10(15)12(11(16)4-9)23-13(17,18)19/h3-4,8H,2,5-7H2,1H3. The number of alkyl halides is 3. The number of hydrogen-bond acceptors (Lipinski definition) is 4. The molecule has 4 nitrogen and oxygen atoms in total. The smallest absolute Gasteiger partial charge is 0.407 e. The van der Waals surface area contributed by atoms with Crippen LogP contribution in [0.25, 0.3) is 0 Å². The molecular formula is C13H14BF5O4. The molecule has 1 aliphatic heterocycles. The van der Waals surface area contributed by atoms with Crippen molar-refractivity contribution in [3.05, 3.63) is 23.8 Å². The summed E-state index contributed by atoms with van der Waals surface area (Å²) >= 11 is 0. The minimum atomic E-state index is -5.19. The lowest BCUT2D eigenvalue weighted by molar-refractivity contribution is -0.276. The third kappa shape index (κ3) is 5.05. The SMILES string of the molecule is CCOCC1COB(c2cc(F)c(OC(F)(F)F)c(F)c2)OC1. The van der Waals surface area contributed by atoms with Gasteiger partial charge in [0, 0.05) is 25.7 Å². The molecule has 10 heteroatoms. The molecule has 128 valence electrons. The van der Waals surface area contributed by atoms with Crippen molar-refractivity contribution < 1.29 is 40.7 Å². The van der Waals surface area contributed by atoms with Crippen LogP contribution in [0.1, 0.15) is 6.92 Å². The molecule has 0 bridgehead atoms. The van der Waals surface area contributed by atoms with Gasteiger partial charge in [-0.2, -0.15) is 0 Å². The van der Waals surface area contributed by atoms with E-state index in [1.165, 1.54) is 0 Å². The Labute approximate surface area is 129 Å². The van der Waals surface area contributed by atoms with Crippen molar-refractivity contribution in [1.29, 1.82) is 0 Å². The van der Waals surface area contributed by atoms with Gasteiger partial charge in [-0.05, 0) is 24.5 Å². The minimum Gasteiger partial charge on any atom is -0.407 e. The Bertz CT molecular complexity index is 509. The van der Waals surface area contributed by atoms with Gasteiger partial charge >= 0.3 is 13.5 Å². The second-order valence-electron chi connectivity index (χ2n) is 4.89. The summed E-state index contributed by atoms with van der Waals surface area (Å²) in [5.41, 5.74) is -0.0654. The van der Waals surface area contributed by atoms with Crippen molar-refractivity contribution in [3.8, 4) is 5.75 Å². The highest BCUT2D eigenvalue weighted by Gasteiger charge is 2.36. The highest BCUT2D eigenvalue weighted by Crippen LogP contribution is 2.28. The predicted molar refractivity (Wildman–Crippen MR) is 70.3 cm³/mol. The summed E-state index contributed by atoms with van der Waals surface area (Å²) in [6, 6.07) is 1.38. The molecule has 1 aromatic carbocycles. The van der Waals surface area contributed by atoms with E-state index in [1.807, 2.05) is 6.92 Å². The van der Waals surface area contributed by atoms with Crippen LogP contribution in [0, 0.1) is 17.6 Å². The van der Waals surface area contributed by atoms with Gasteiger partial charge in [0.15, 0.2) is 11.6 Å². The van der Waals surface area contributed by atoms with Crippen LogP contribution in [0.2, 0.25) is 0 Å². The monoisotopic (exact) mass is 340 g/mol. The Morgan fingerprint density at radius 1 is 1.17 bits per heavy atom. The summed E-state index contributed by atoms with van der Waals surface area (Å²) in [5, 5.41) is 0. The Balaban J connectivity index is 2.05. The third-order valence-electron chi connectivity index (χ3n) is 3.03. The second-order valence-corrected chi connectivity index (χ2v) is 4.89. The second kappa shape index (κ2) is 7.46. The molecule has 0 aromatic heterocycles. The van der Waals surface area contributed by atoms with Crippen molar-refractivity contribution in [3.63, 3.8) is 0 Å². The Morgan fingerprint density at radius 2 is 1.74 bits per heavy atom. The van der Waals surface area contributed by atoms with E-state index in [0.29, 0.717) is 25.3 Å². The molecule has 2 rings (SSSR count). The first-order chi connectivity index (χ1) is 10.8. The predicted octanol–water partition coefficient (Wildman–Crippen LogP) is 2.26. The molecule has 1 aromatic rings. The molecule has 23 heavy (non-hydrogen) atoms. The van der Waals surface area contributed by atoms with Gasteiger partial charge in [0.1, 0.15) is 0 Å². The highest BCUT2D eigenvalue weighted by atomic mass is 19.4. The fourth-order valence-corrected chi connectivity index (χ4v) is 2.05. The number of hydrogen-bond donors (Lipinski definition) is 0. The fourth-order valence-electron chi connectivity index (χ4n) is 2.05. The summed E-state index contributed by atoms with van der Waals surface area (Å²) < 4.78 is 82.7. The van der Waals surface area contributed by atoms with Crippen molar-refractivity contribution in [2.45, 2.75) is 13.3 Å². The maximum absolute atomic E-state index is 13.6. The first-order valence-electron chi connectivity index (χ1n) is 6.85. The average molecular weight is 340 g/mol. The Kier molecular flexibility index (Phi) is 5.82. The largest absolute Gasteiger partial charge is 0.573 e. The van der Waals surface area contributed by atoms with Crippen molar-refractivity contribution >= 4 is 12.6 Å². The van der Waals surface area contributed by atoms with Gasteiger partial charge in [0.25, 0.3) is 0 Å². The Morgan fingerprint density at radius 3 is 2.22 bits per heavy atom. The van der Waals surface area contributed by atoms with Gasteiger partial charge in [-0.15, -0.1) is 13.2 Å². The van der Waals surface area contributed by atoms with E-state index in [1.54, 1.807) is 0 Å². The van der Waals surface area contributed by atoms with Crippen LogP contribution < -0.4 is 10.2 Å². The van der Waals surface area contributed by atoms with Gasteiger partial charge in [0.2, 0.25) is 5.75 Å². The van der Waals surface area contributed by atoms with Crippen molar-refractivity contribution in [1.82, 2.24) is 0 Å². The summed E-state index contributed by atoms with van der Waals surface area (Å²) in [6.45, 7) is 3.29. The van der Waals surface area contributed by atoms with Gasteiger partial charge < -0.3 is 18.8 Å². The zero-order valence-electron chi connectivity index (χ0n) is 12.2. The molecule has 0 aliphatic carbocycles. The summed E-state index contributed by atoms with van der Waals surface area (Å²) in [6.07, 6.45) is -5.19. The zero-order valence-corrected chi connectivity index (χ0v) is 12.2. The van der Waals surface area contributed by atoms with E-state index in [-0.39, 0.29) is 24.6 Å². The normalized spacial score (nSPS) is 16.7. The van der Waals surface area contributed by atoms with E-state index < -0.39 is 30.9 Å². The topological polar surface area (TPSA) is 36.9 Å². The Hall–Kier alpha value is -1.39. The molecule has 0 unspecified atom stereocenters. The average Bonchev–Trinajstić information content (AvgIpc) is 2.48. The number of benzene rings is 1. The molecule has 1 fully saturated rings. The molecule has 0 spiro atoms. The maximum atomic E-state index is 13.6. The molecule has 1 saturated heterocycles. The molecule has 0 N–H and O–H groups in total. The molecule has 1 aliphatic rings. The molecule has 0 saturated carbocycles. The van der Waals surface area contributed by atoms with Crippen LogP contribution in [0.3, 0.4) is 0 Å². The number of ether oxygens (including phenoxy) is 2. The zero-order chi connectivity index (χ0) is 17.0. The van der Waals surface area contributed by atoms with E-state index in [4.69, 9.17) is 14.0 Å². The third-order valence-corrected chi connectivity index (χ3v) is 3.03. The van der Waals surface area contributed by atoms with Gasteiger partial charge in [-0.25, -0.2) is 8.78 Å². The van der Waals surface area contributed by atoms with Gasteiger partial charge in [-0.1, -0.05) is 0 Å². The van der Waals surface area contributed by atoms with Crippen molar-refractivity contribution in [2.75, 3.05) is 26.4 Å². The molecule has 0 atom stereocenters. The highest BCUT2D eigenvalue weighted by molar-refractivity contribution is 6.61. The van der Waals surface area contributed by atoms with Crippen LogP contribution in [0.4, 0.5) is 22.0 Å². The lowest BCUT2D eigenvalue weighted by Crippen LogP contribution is -2.45. The summed E-state index contributed by atoms with van der Waals surface area (Å²) in [7, 11) is -1.06. The lowest BCUT2D eigenvalue weighted by atomic mass is 9.77. The van der Waals surface area contributed by atoms with Crippen LogP contribution in [-0.4, -0.2) is 39.9 Å². The lowest BCUT2D eigenvalue weighted by Gasteiger charge is -2.27. The van der Waals surface area contributed by atoms with Crippen LogP contribution in [-0.2, 0) is 14.0 Å². The molecule has 0 radical (unpaired) electrons. The van der Waals surface area contributed by atoms with Crippen LogP contribution in [0.15, 0.2) is 12.1 Å². The number of rotatable bonds is 5. The number of halogens is 5. The van der Waals surface area contributed by atoms with E-state index >= 15 is 0 Å². The van der Waals surface area contributed by atoms with E-state index in [0.717, 1.165) is 0 Å². The van der Waals surface area contributed by atoms with Gasteiger partial charge in [0.05, 0.1) is 6.61 Å². The van der Waals surface area contributed by atoms with Crippen LogP contribution >= 0.6 is 0 Å². The molecular weight excluding hydrogens is 326 g/mol. The first-order valence-corrected chi connectivity index (χ1v) is 6.85. The minimum absolute atomic E-state index is 0.0197. The van der Waals surface area contributed by atoms with E-state index in [9.17, 15) is 22.0 Å². The summed E-state index contributed by atoms with van der Waals surface area (Å²) in [4.78, 5) is 0. The fraction of sp³-hybridized carbons (Fsp3) is 0.538. The summed E-state index contributed by atoms with van der Waals surface area (Å²) in [5.74, 6) is -4.50. The quantitative estimate of drug-likeness (QED) is 0.609. The maximum Gasteiger partial charge on any atom is 0.573 e. The molecule has 0 amide bonds. The molecule has 1 heterocycles. The van der Waals surface area contributed by atoms with Crippen LogP contribution in [0.5, 0.6) is 5.75 Å². The van der Waals surface area contributed by atoms with E-state index in [2.05, 4.69) is 4.74 Å². The first kappa shape index (κ1) is 18.0.